The number of nitrogens with zero attached hydrogens (tertiary/aromatic N) is 2. The molecule has 5 nitrogen and oxygen atoms in total. The van der Waals surface area contributed by atoms with Crippen molar-refractivity contribution >= 4 is 17.4 Å². The van der Waals surface area contributed by atoms with E-state index < -0.39 is 5.82 Å². The zero-order valence-corrected chi connectivity index (χ0v) is 11.2. The third-order valence-corrected chi connectivity index (χ3v) is 2.87. The molecule has 0 radical (unpaired) electrons. The molecule has 0 aliphatic carbocycles. The van der Waals surface area contributed by atoms with Crippen molar-refractivity contribution in [3.05, 3.63) is 53.5 Å². The molecule has 0 aliphatic heterocycles. The number of nitrogens with one attached hydrogen (secondary N) is 1. The second-order valence-corrected chi connectivity index (χ2v) is 4.34. The van der Waals surface area contributed by atoms with Crippen LogP contribution in [0, 0.1) is 12.7 Å². The summed E-state index contributed by atoms with van der Waals surface area (Å²) in [6, 6.07) is 9.25. The van der Waals surface area contributed by atoms with Gasteiger partial charge in [0.15, 0.2) is 0 Å². The quantitative estimate of drug-likeness (QED) is 0.664. The molecule has 0 atom stereocenters. The molecule has 0 saturated carbocycles. The van der Waals surface area contributed by atoms with Crippen molar-refractivity contribution in [1.29, 1.82) is 0 Å². The van der Waals surface area contributed by atoms with Crippen molar-refractivity contribution in [1.82, 2.24) is 4.98 Å². The van der Waals surface area contributed by atoms with Crippen LogP contribution in [0.25, 0.3) is 0 Å². The van der Waals surface area contributed by atoms with Gasteiger partial charge in [-0.3, -0.25) is 4.79 Å². The number of nitrogens with two attached hydrogens (primary N) is 1. The van der Waals surface area contributed by atoms with Gasteiger partial charge in [-0.1, -0.05) is 12.1 Å². The Bertz CT molecular complexity index is 645. The Balaban J connectivity index is 2.36. The first kappa shape index (κ1) is 14.0. The van der Waals surface area contributed by atoms with Gasteiger partial charge in [0.1, 0.15) is 11.6 Å². The predicted octanol–water partition coefficient (Wildman–Crippen LogP) is 2.09. The third kappa shape index (κ3) is 2.75. The lowest BCUT2D eigenvalue weighted by molar-refractivity contribution is 0.0992. The number of amides is 1. The van der Waals surface area contributed by atoms with Crippen LogP contribution >= 0.6 is 0 Å². The summed E-state index contributed by atoms with van der Waals surface area (Å²) in [7, 11) is 1.52. The molecule has 6 heteroatoms. The van der Waals surface area contributed by atoms with Gasteiger partial charge in [-0.05, 0) is 31.2 Å². The number of hydrogen-bond acceptors (Lipinski definition) is 4. The zero-order chi connectivity index (χ0) is 14.7. The van der Waals surface area contributed by atoms with Gasteiger partial charge >= 0.3 is 0 Å². The standard InChI is InChI=1S/C14H15FN4O/c1-9-7-10(8-13(17-9)18-16)14(20)19(2)12-6-4-3-5-11(12)15/h3-8H,16H2,1-2H3,(H,17,18). The number of aromatic nitrogens is 1. The van der Waals surface area contributed by atoms with E-state index in [0.717, 1.165) is 0 Å². The van der Waals surface area contributed by atoms with Crippen molar-refractivity contribution in [2.75, 3.05) is 17.4 Å². The van der Waals surface area contributed by atoms with Crippen molar-refractivity contribution in [2.45, 2.75) is 6.92 Å². The molecule has 104 valence electrons. The molecule has 3 N–H and O–H groups in total. The summed E-state index contributed by atoms with van der Waals surface area (Å²) in [5.74, 6) is 4.90. The zero-order valence-electron chi connectivity index (χ0n) is 11.2. The van der Waals surface area contributed by atoms with E-state index in [9.17, 15) is 9.18 Å². The highest BCUT2D eigenvalue weighted by molar-refractivity contribution is 6.06. The van der Waals surface area contributed by atoms with Crippen molar-refractivity contribution < 1.29 is 9.18 Å². The number of anilines is 2. The van der Waals surface area contributed by atoms with Crippen molar-refractivity contribution in [3.8, 4) is 0 Å². The Kier molecular flexibility index (Phi) is 3.95. The van der Waals surface area contributed by atoms with Crippen molar-refractivity contribution in [2.24, 2.45) is 5.84 Å². The molecule has 2 rings (SSSR count). The Morgan fingerprint density at radius 2 is 2.05 bits per heavy atom. The fourth-order valence-corrected chi connectivity index (χ4v) is 1.89. The average molecular weight is 274 g/mol. The van der Waals surface area contributed by atoms with E-state index in [0.29, 0.717) is 17.1 Å². The van der Waals surface area contributed by atoms with Gasteiger partial charge in [0.05, 0.1) is 5.69 Å². The summed E-state index contributed by atoms with van der Waals surface area (Å²) in [5.41, 5.74) is 3.64. The topological polar surface area (TPSA) is 71.2 Å². The van der Waals surface area contributed by atoms with Crippen LogP contribution < -0.4 is 16.2 Å². The normalized spacial score (nSPS) is 10.2. The third-order valence-electron chi connectivity index (χ3n) is 2.87. The minimum atomic E-state index is -0.452. The van der Waals surface area contributed by atoms with Gasteiger partial charge in [-0.25, -0.2) is 15.2 Å². The molecule has 0 aliphatic rings. The molecular weight excluding hydrogens is 259 g/mol. The lowest BCUT2D eigenvalue weighted by Gasteiger charge is -2.18. The predicted molar refractivity (Wildman–Crippen MR) is 75.9 cm³/mol. The first-order valence-electron chi connectivity index (χ1n) is 6.01. The second-order valence-electron chi connectivity index (χ2n) is 4.34. The van der Waals surface area contributed by atoms with E-state index in [1.165, 1.54) is 24.1 Å². The molecule has 0 unspecified atom stereocenters. The van der Waals surface area contributed by atoms with Gasteiger partial charge in [-0.15, -0.1) is 0 Å². The van der Waals surface area contributed by atoms with E-state index in [2.05, 4.69) is 10.4 Å². The highest BCUT2D eigenvalue weighted by Gasteiger charge is 2.17. The van der Waals surface area contributed by atoms with Gasteiger partial charge < -0.3 is 10.3 Å². The van der Waals surface area contributed by atoms with Gasteiger partial charge in [0, 0.05) is 18.3 Å². The van der Waals surface area contributed by atoms with Crippen LogP contribution in [0.15, 0.2) is 36.4 Å². The summed E-state index contributed by atoms with van der Waals surface area (Å²) < 4.78 is 13.7. The maximum atomic E-state index is 13.7. The molecule has 0 saturated heterocycles. The van der Waals surface area contributed by atoms with E-state index in [1.54, 1.807) is 31.2 Å². The van der Waals surface area contributed by atoms with Crippen LogP contribution in [0.1, 0.15) is 16.1 Å². The van der Waals surface area contributed by atoms with E-state index >= 15 is 0 Å². The molecule has 2 aromatic rings. The number of nitrogen functional groups attached to an aromatic ring is 1. The largest absolute Gasteiger partial charge is 0.309 e. The molecule has 1 heterocycles. The number of para-hydroxylation sites is 1. The summed E-state index contributed by atoms with van der Waals surface area (Å²) in [6.45, 7) is 1.75. The number of hydrazine groups is 1. The first-order valence-corrected chi connectivity index (χ1v) is 6.01. The Hall–Kier alpha value is -2.47. The monoisotopic (exact) mass is 274 g/mol. The lowest BCUT2D eigenvalue weighted by Crippen LogP contribution is -2.27. The number of carbonyl (C=O) groups is 1. The Morgan fingerprint density at radius 1 is 1.35 bits per heavy atom. The fourth-order valence-electron chi connectivity index (χ4n) is 1.89. The number of halogens is 1. The van der Waals surface area contributed by atoms with Crippen LogP contribution in [0.3, 0.4) is 0 Å². The smallest absolute Gasteiger partial charge is 0.258 e. The fraction of sp³-hybridized carbons (Fsp3) is 0.143. The minimum Gasteiger partial charge on any atom is -0.309 e. The van der Waals surface area contributed by atoms with Crippen LogP contribution in [0.2, 0.25) is 0 Å². The van der Waals surface area contributed by atoms with Crippen LogP contribution in [-0.2, 0) is 0 Å². The highest BCUT2D eigenvalue weighted by atomic mass is 19.1. The number of pyridine rings is 1. The van der Waals surface area contributed by atoms with Crippen LogP contribution in [0.4, 0.5) is 15.9 Å². The lowest BCUT2D eigenvalue weighted by atomic mass is 10.2. The molecular formula is C14H15FN4O. The minimum absolute atomic E-state index is 0.217. The Labute approximate surface area is 116 Å². The maximum Gasteiger partial charge on any atom is 0.258 e. The van der Waals surface area contributed by atoms with E-state index in [-0.39, 0.29) is 11.6 Å². The highest BCUT2D eigenvalue weighted by Crippen LogP contribution is 2.20. The maximum absolute atomic E-state index is 13.7. The first-order chi connectivity index (χ1) is 9.52. The number of hydrogen-bond donors (Lipinski definition) is 2. The number of rotatable bonds is 3. The molecule has 20 heavy (non-hydrogen) atoms. The van der Waals surface area contributed by atoms with Gasteiger partial charge in [0.25, 0.3) is 5.91 Å². The summed E-state index contributed by atoms with van der Waals surface area (Å²) in [5, 5.41) is 0. The molecule has 1 aromatic heterocycles. The van der Waals surface area contributed by atoms with E-state index in [1.807, 2.05) is 0 Å². The van der Waals surface area contributed by atoms with Crippen LogP contribution in [0.5, 0.6) is 0 Å². The van der Waals surface area contributed by atoms with E-state index in [4.69, 9.17) is 5.84 Å². The average Bonchev–Trinajstić information content (AvgIpc) is 2.45. The van der Waals surface area contributed by atoms with Gasteiger partial charge in [0.2, 0.25) is 0 Å². The van der Waals surface area contributed by atoms with Crippen molar-refractivity contribution in [3.63, 3.8) is 0 Å². The summed E-state index contributed by atoms with van der Waals surface area (Å²) in [6.07, 6.45) is 0. The number of aryl methyl sites for hydroxylation is 1. The number of carbonyl (C=O) groups excluding carboxylic acids is 1. The Morgan fingerprint density at radius 3 is 2.70 bits per heavy atom. The second kappa shape index (κ2) is 5.66. The number of benzene rings is 1. The van der Waals surface area contributed by atoms with Gasteiger partial charge in [-0.2, -0.15) is 0 Å². The van der Waals surface area contributed by atoms with Crippen LogP contribution in [-0.4, -0.2) is 17.9 Å². The molecule has 0 fully saturated rings. The molecule has 1 amide bonds. The molecule has 0 spiro atoms. The molecule has 1 aromatic carbocycles. The molecule has 0 bridgehead atoms. The summed E-state index contributed by atoms with van der Waals surface area (Å²) in [4.78, 5) is 17.7. The summed E-state index contributed by atoms with van der Waals surface area (Å²) >= 11 is 0. The SMILES string of the molecule is Cc1cc(C(=O)N(C)c2ccccc2F)cc(NN)n1.